The molecule has 148 heavy (non-hydrogen) atoms. The van der Waals surface area contributed by atoms with Crippen LogP contribution >= 0.6 is 0 Å². The van der Waals surface area contributed by atoms with Crippen LogP contribution in [0.25, 0.3) is 22.8 Å². The summed E-state index contributed by atoms with van der Waals surface area (Å²) in [7, 11) is 0. The third kappa shape index (κ3) is 27.7. The van der Waals surface area contributed by atoms with E-state index in [-0.39, 0.29) is 122 Å². The molecule has 0 bridgehead atoms. The van der Waals surface area contributed by atoms with Gasteiger partial charge in [-0.1, -0.05) is 33.7 Å². The number of morpholine rings is 6. The smallest absolute Gasteiger partial charge is 0.439 e. The molecule has 8 heterocycles. The van der Waals surface area contributed by atoms with E-state index in [1.54, 1.807) is 77.7 Å². The molecule has 6 atom stereocenters. The Labute approximate surface area is 824 Å². The van der Waals surface area contributed by atoms with E-state index in [0.29, 0.717) is 97.8 Å². The van der Waals surface area contributed by atoms with Gasteiger partial charge in [-0.25, -0.2) is 58.3 Å². The van der Waals surface area contributed by atoms with Gasteiger partial charge in [0.15, 0.2) is 35.8 Å². The molecule has 6 fully saturated rings. The average Bonchev–Trinajstić information content (AvgIpc) is 0.982. The number of aromatic amines is 2. The Bertz CT molecular complexity index is 6970. The number of halogens is 10. The van der Waals surface area contributed by atoms with Gasteiger partial charge >= 0.3 is 35.4 Å². The lowest BCUT2D eigenvalue weighted by Crippen LogP contribution is -2.56. The Morgan fingerprint density at radius 2 is 0.757 bits per heavy atom. The van der Waals surface area contributed by atoms with Gasteiger partial charge in [-0.05, 0) is 84.9 Å². The van der Waals surface area contributed by atoms with Gasteiger partial charge in [0.2, 0.25) is 18.3 Å². The molecule has 17 N–H and O–H groups in total. The minimum Gasteiger partial charge on any atom is -0.478 e. The zero-order valence-electron chi connectivity index (χ0n) is 77.0. The quantitative estimate of drug-likeness (QED) is 0.00681. The van der Waals surface area contributed by atoms with Crippen molar-refractivity contribution in [3.63, 3.8) is 0 Å². The number of nitrogen functional groups attached to an aromatic ring is 4. The molecule has 0 unspecified atom stereocenters. The van der Waals surface area contributed by atoms with Crippen molar-refractivity contribution in [2.45, 2.75) is 57.4 Å². The maximum atomic E-state index is 14.8. The summed E-state index contributed by atoms with van der Waals surface area (Å²) < 4.78 is 191. The molecule has 6 aliphatic heterocycles. The number of aromatic nitrogens is 4. The lowest BCUT2D eigenvalue weighted by Gasteiger charge is -2.35. The summed E-state index contributed by atoms with van der Waals surface area (Å²) in [4.78, 5) is 184. The first kappa shape index (κ1) is 110. The molecule has 8 aromatic carbocycles. The minimum absolute atomic E-state index is 0.00847. The van der Waals surface area contributed by atoms with Crippen LogP contribution in [0, 0.1) is 74.9 Å². The summed E-state index contributed by atoms with van der Waals surface area (Å²) in [5.41, 5.74) is 24.4. The predicted molar refractivity (Wildman–Crippen MR) is 492 cm³/mol. The normalized spacial score (nSPS) is 16.8. The molecule has 47 nitrogen and oxygen atoms in total. The third-order valence-electron chi connectivity index (χ3n) is 21.2. The Kier molecular flexibility index (Phi) is 37.1. The van der Waals surface area contributed by atoms with Crippen LogP contribution < -0.4 is 80.2 Å². The molecule has 6 saturated heterocycles. The summed E-state index contributed by atoms with van der Waals surface area (Å²) in [5.74, 6) is -22.1. The fourth-order valence-corrected chi connectivity index (χ4v) is 14.4. The highest BCUT2D eigenvalue weighted by molar-refractivity contribution is 6.08. The number of carboxylic acid groups (broad SMARTS) is 1. The molecule has 0 saturated carbocycles. The summed E-state index contributed by atoms with van der Waals surface area (Å²) in [6.45, 7) is 5.44. The number of carbonyl (C=O) groups excluding carboxylic acids is 11. The lowest BCUT2D eigenvalue weighted by atomic mass is 10.1. The number of ether oxygens (including phenoxy) is 9. The molecule has 2 aromatic heterocycles. The number of hydrogen-bond acceptors (Lipinski definition) is 34. The number of carbonyl (C=O) groups is 12. The first-order valence-corrected chi connectivity index (χ1v) is 43.0. The maximum Gasteiger partial charge on any atom is 0.439 e. The number of esters is 3. The number of carboxylic acids is 1. The summed E-state index contributed by atoms with van der Waals surface area (Å²) in [5, 5.41) is 46.3. The second-order valence-electron chi connectivity index (χ2n) is 31.2. The van der Waals surface area contributed by atoms with E-state index in [1.165, 1.54) is 30.6 Å². The van der Waals surface area contributed by atoms with Crippen molar-refractivity contribution < 1.29 is 163 Å². The second kappa shape index (κ2) is 49.8. The van der Waals surface area contributed by atoms with Crippen LogP contribution in [0.2, 0.25) is 0 Å². The van der Waals surface area contributed by atoms with Crippen molar-refractivity contribution in [2.75, 3.05) is 156 Å². The number of oxime groups is 1. The van der Waals surface area contributed by atoms with Gasteiger partial charge in [0, 0.05) is 124 Å². The molecule has 16 rings (SSSR count). The topological polar surface area (TPSA) is 680 Å². The van der Waals surface area contributed by atoms with Gasteiger partial charge in [-0.15, -0.1) is 0 Å². The standard InChI is InChI=1S/C26H23F2N5O9.C25H25F2N5O7.C18H20N2O8.C8H5F2N3O2.C7H7F2N3O.C7H4F2N2/c1-13(34)41-21(24(36)29-19-11-17(27)16(10-18(19)28)23-30-26(38)42-31-23)22-25(37)33(6-8-40-22)15-4-2-3-14(9-15)32-5-7-39-12-20(32)35;1-13(33)39-21(24(35)30-19-11-17(26)16(23(28)29)10-18(19)27)22-25(36)32(6-8-38-22)15-4-2-3-14(9-15)31-5-7-37-12-20(31)34;1-11(21)28-16(18(24)25)15-17(23)20(6-8-27-15)13-4-2-3-12(9-13)19-5-7-26-10-14(19)22;9-4-2-6(11)5(10)1-3(4)7-12-8(14)15-13-7;8-4-2-6(10)5(9)1-3(4)7(11)12-13;8-5-2-7(11)6(9)1-4(5)3-10/h2-4,9-11,21-22H,5-8,12H2,1H3,(H,29,36)(H,30,31,38);2-4,9-11,21-22H,5-8,12H2,1H3,(H3,28,29)(H,30,35);2-4,9,15-16H,5-8,10H2,1H3,(H,24,25);1-2H,11H2,(H,12,13,14);1-2,13H,10H2,(H2,11,12);1-2H,11H2/t2*21-,22-;15-,16-;;;/m111.../s1. The van der Waals surface area contributed by atoms with Gasteiger partial charge in [0.05, 0.1) is 95.9 Å². The highest BCUT2D eigenvalue weighted by atomic mass is 19.2. The number of nitriles is 1. The summed E-state index contributed by atoms with van der Waals surface area (Å²) in [6, 6.07) is 28.7. The van der Waals surface area contributed by atoms with Gasteiger partial charge < -0.3 is 122 Å². The molecule has 10 aromatic rings. The molecular formula is C91H84F10N20O27. The van der Waals surface area contributed by atoms with Crippen LogP contribution in [0.5, 0.6) is 0 Å². The third-order valence-corrected chi connectivity index (χ3v) is 21.2. The molecule has 0 spiro atoms. The van der Waals surface area contributed by atoms with E-state index < -0.39 is 194 Å². The number of nitrogens with two attached hydrogens (primary N) is 5. The van der Waals surface area contributed by atoms with Crippen molar-refractivity contribution in [1.82, 2.24) is 20.3 Å². The fraction of sp³-hybridized carbons (Fsp3) is 0.264. The first-order chi connectivity index (χ1) is 70.3. The van der Waals surface area contributed by atoms with Crippen molar-refractivity contribution in [3.05, 3.63) is 229 Å². The summed E-state index contributed by atoms with van der Waals surface area (Å²) in [6.07, 6.45) is -10.2. The second-order valence-corrected chi connectivity index (χ2v) is 31.2. The number of hydrogen-bond donors (Lipinski definition) is 12. The Hall–Kier alpha value is -18.0. The van der Waals surface area contributed by atoms with Crippen molar-refractivity contribution in [2.24, 2.45) is 16.6 Å². The van der Waals surface area contributed by atoms with E-state index in [2.05, 4.69) is 45.1 Å². The molecule has 57 heteroatoms. The van der Waals surface area contributed by atoms with Gasteiger partial charge in [0.1, 0.15) is 89.9 Å². The van der Waals surface area contributed by atoms with Gasteiger partial charge in [-0.3, -0.25) is 77.2 Å². The number of nitrogens with one attached hydrogen (secondary N) is 5. The SMILES string of the molecule is CC(=O)O[C@@H](C(=O)Nc1cc(F)c(-c2noc(=O)[nH]2)cc1F)[C@H]1OCCN(c2cccc(N3CCOCC3=O)c2)C1=O.CC(=O)O[C@@H](C(=O)Nc1cc(F)c(C(=N)N)cc1F)[C@H]1OCCN(c2cccc(N3CCOCC3=O)c2)C1=O.CC(=O)O[C@@H](C(=O)O)[C@H]1OCCN(c2cccc(N3CCOCC3=O)c2)C1=O.N#Cc1cc(F)c(N)cc1F.N/C(=N\O)c1cc(F)c(N)cc1F.Nc1cc(F)c(-c2noc(=O)[nH]2)cc1F. The number of amides is 8. The number of nitrogens with zero attached hydrogens (tertiary/aromatic N) is 10. The average molecular weight is 2080 g/mol. The zero-order chi connectivity index (χ0) is 108. The van der Waals surface area contributed by atoms with E-state index in [9.17, 15) is 116 Å². The van der Waals surface area contributed by atoms with E-state index in [1.807, 2.05) is 0 Å². The number of rotatable bonds is 21. The number of anilines is 11. The number of aliphatic carboxylic acids is 1. The largest absolute Gasteiger partial charge is 0.478 e. The molecule has 8 amide bonds. The van der Waals surface area contributed by atoms with Crippen molar-refractivity contribution >= 4 is 145 Å². The summed E-state index contributed by atoms with van der Waals surface area (Å²) >= 11 is 0. The molecule has 0 radical (unpaired) electrons. The number of H-pyrrole nitrogens is 2. The Morgan fingerprint density at radius 1 is 0.439 bits per heavy atom. The van der Waals surface area contributed by atoms with E-state index in [0.717, 1.165) is 57.2 Å². The number of amidine groups is 2. The Morgan fingerprint density at radius 3 is 1.11 bits per heavy atom. The highest BCUT2D eigenvalue weighted by Gasteiger charge is 2.47. The fourth-order valence-electron chi connectivity index (χ4n) is 14.4. The van der Waals surface area contributed by atoms with Crippen LogP contribution in [0.1, 0.15) is 37.5 Å². The van der Waals surface area contributed by atoms with Gasteiger partial charge in [-0.2, -0.15) is 5.26 Å². The molecule has 6 aliphatic rings. The van der Waals surface area contributed by atoms with Crippen LogP contribution in [-0.2, 0) is 100 Å². The molecule has 780 valence electrons. The number of benzene rings is 8. The van der Waals surface area contributed by atoms with Crippen molar-refractivity contribution in [3.8, 4) is 28.8 Å². The van der Waals surface area contributed by atoms with Crippen LogP contribution in [0.3, 0.4) is 0 Å². The lowest BCUT2D eigenvalue weighted by molar-refractivity contribution is -0.177. The molecule has 0 aliphatic carbocycles. The van der Waals surface area contributed by atoms with E-state index >= 15 is 0 Å². The zero-order valence-corrected chi connectivity index (χ0v) is 77.0. The maximum absolute atomic E-state index is 14.8. The van der Waals surface area contributed by atoms with Crippen LogP contribution in [0.4, 0.5) is 106 Å². The highest BCUT2D eigenvalue weighted by Crippen LogP contribution is 2.35. The van der Waals surface area contributed by atoms with Crippen LogP contribution in [0.15, 0.2) is 157 Å². The predicted octanol–water partition coefficient (Wildman–Crippen LogP) is 4.64. The monoisotopic (exact) mass is 2080 g/mol. The Balaban J connectivity index is 0.000000180. The first-order valence-electron chi connectivity index (χ1n) is 43.0. The molecular weight excluding hydrogens is 2000 g/mol. The van der Waals surface area contributed by atoms with Gasteiger partial charge in [0.25, 0.3) is 47.3 Å². The van der Waals surface area contributed by atoms with Crippen molar-refractivity contribution in [1.29, 1.82) is 10.7 Å². The van der Waals surface area contributed by atoms with E-state index in [4.69, 9.17) is 87.2 Å². The minimum atomic E-state index is -1.88. The van der Waals surface area contributed by atoms with Crippen LogP contribution in [-0.4, -0.2) is 249 Å².